The Labute approximate surface area is 146 Å². The van der Waals surface area contributed by atoms with E-state index in [9.17, 15) is 4.79 Å². The molecule has 6 heteroatoms. The molecule has 0 unspecified atom stereocenters. The second kappa shape index (κ2) is 8.32. The Hall–Kier alpha value is -1.84. The van der Waals surface area contributed by atoms with Gasteiger partial charge in [0.25, 0.3) is 5.56 Å². The summed E-state index contributed by atoms with van der Waals surface area (Å²) in [5, 5.41) is 19.4. The molecule has 0 saturated heterocycles. The van der Waals surface area contributed by atoms with Crippen molar-refractivity contribution in [3.05, 3.63) is 34.6 Å². The van der Waals surface area contributed by atoms with E-state index in [0.717, 1.165) is 18.6 Å². The highest BCUT2D eigenvalue weighted by Gasteiger charge is 2.16. The van der Waals surface area contributed by atoms with Gasteiger partial charge in [0.2, 0.25) is 0 Å². The zero-order valence-corrected chi connectivity index (χ0v) is 15.0. The van der Waals surface area contributed by atoms with E-state index in [2.05, 4.69) is 11.1 Å². The molecule has 24 heavy (non-hydrogen) atoms. The van der Waals surface area contributed by atoms with Gasteiger partial charge < -0.3 is 5.11 Å². The average Bonchev–Trinajstić information content (AvgIpc) is 2.58. The van der Waals surface area contributed by atoms with Gasteiger partial charge in [-0.2, -0.15) is 5.26 Å². The van der Waals surface area contributed by atoms with Gasteiger partial charge in [-0.15, -0.1) is 0 Å². The van der Waals surface area contributed by atoms with Crippen molar-refractivity contribution in [2.24, 2.45) is 5.41 Å². The van der Waals surface area contributed by atoms with E-state index in [1.54, 1.807) is 10.6 Å². The Kier molecular flexibility index (Phi) is 6.41. The van der Waals surface area contributed by atoms with Crippen molar-refractivity contribution in [1.82, 2.24) is 9.55 Å². The number of aliphatic hydroxyl groups excluding tert-OH is 1. The molecule has 128 valence electrons. The number of hydrogen-bond acceptors (Lipinski definition) is 5. The Bertz CT molecular complexity index is 793. The minimum Gasteiger partial charge on any atom is -0.396 e. The summed E-state index contributed by atoms with van der Waals surface area (Å²) in [6.45, 7) is 4.37. The Morgan fingerprint density at radius 1 is 1.33 bits per heavy atom. The van der Waals surface area contributed by atoms with Gasteiger partial charge in [-0.3, -0.25) is 9.36 Å². The molecule has 2 rings (SSSR count). The molecule has 1 heterocycles. The maximum absolute atomic E-state index is 12.7. The second-order valence-corrected chi connectivity index (χ2v) is 7.46. The first-order chi connectivity index (χ1) is 11.5. The lowest BCUT2D eigenvalue weighted by Crippen LogP contribution is -2.24. The highest BCUT2D eigenvalue weighted by atomic mass is 32.2. The molecular formula is C18H23N3O2S. The first-order valence-corrected chi connectivity index (χ1v) is 9.11. The van der Waals surface area contributed by atoms with Gasteiger partial charge in [-0.25, -0.2) is 4.98 Å². The van der Waals surface area contributed by atoms with E-state index in [4.69, 9.17) is 10.4 Å². The lowest BCUT2D eigenvalue weighted by Gasteiger charge is -2.15. The van der Waals surface area contributed by atoms with Crippen LogP contribution in [0.5, 0.6) is 0 Å². The summed E-state index contributed by atoms with van der Waals surface area (Å²) in [6.07, 6.45) is 2.22. The maximum atomic E-state index is 12.7. The molecule has 5 nitrogen and oxygen atoms in total. The van der Waals surface area contributed by atoms with Crippen molar-refractivity contribution in [3.8, 4) is 6.07 Å². The van der Waals surface area contributed by atoms with Crippen LogP contribution < -0.4 is 5.56 Å². The fraction of sp³-hybridized carbons (Fsp3) is 0.500. The van der Waals surface area contributed by atoms with Gasteiger partial charge in [-0.1, -0.05) is 23.9 Å². The monoisotopic (exact) mass is 345 g/mol. The van der Waals surface area contributed by atoms with Crippen LogP contribution in [0.25, 0.3) is 10.9 Å². The largest absolute Gasteiger partial charge is 0.396 e. The van der Waals surface area contributed by atoms with Crippen LogP contribution in [0.3, 0.4) is 0 Å². The van der Waals surface area contributed by atoms with Crippen LogP contribution in [-0.4, -0.2) is 27.0 Å². The van der Waals surface area contributed by atoms with Crippen LogP contribution in [0, 0.1) is 16.7 Å². The van der Waals surface area contributed by atoms with Crippen LogP contribution in [0.4, 0.5) is 0 Å². The van der Waals surface area contributed by atoms with Gasteiger partial charge in [-0.05, 0) is 45.2 Å². The summed E-state index contributed by atoms with van der Waals surface area (Å²) < 4.78 is 1.65. The molecule has 1 aromatic heterocycles. The third-order valence-electron chi connectivity index (χ3n) is 3.85. The fourth-order valence-corrected chi connectivity index (χ4v) is 3.38. The molecule has 0 aliphatic rings. The molecule has 0 spiro atoms. The Morgan fingerprint density at radius 2 is 2.08 bits per heavy atom. The van der Waals surface area contributed by atoms with Gasteiger partial charge >= 0.3 is 0 Å². The van der Waals surface area contributed by atoms with Crippen LogP contribution in [0.1, 0.15) is 33.1 Å². The number of rotatable bonds is 8. The van der Waals surface area contributed by atoms with Crippen molar-refractivity contribution >= 4 is 22.7 Å². The first-order valence-electron chi connectivity index (χ1n) is 8.13. The number of aromatic nitrogens is 2. The number of nitrogens with zero attached hydrogens (tertiary/aromatic N) is 3. The zero-order valence-electron chi connectivity index (χ0n) is 14.2. The minimum absolute atomic E-state index is 0.0414. The molecule has 0 amide bonds. The number of benzene rings is 1. The van der Waals surface area contributed by atoms with Crippen LogP contribution in [-0.2, 0) is 6.54 Å². The van der Waals surface area contributed by atoms with E-state index in [1.807, 2.05) is 32.0 Å². The van der Waals surface area contributed by atoms with Crippen LogP contribution in [0.15, 0.2) is 34.2 Å². The number of aliphatic hydroxyl groups is 1. The summed E-state index contributed by atoms with van der Waals surface area (Å²) in [7, 11) is 0. The molecule has 0 radical (unpaired) electrons. The summed E-state index contributed by atoms with van der Waals surface area (Å²) in [4.78, 5) is 17.3. The molecule has 0 fully saturated rings. The summed E-state index contributed by atoms with van der Waals surface area (Å²) in [5.41, 5.74) is 0.310. The number of para-hydroxylation sites is 1. The molecule has 0 aliphatic carbocycles. The molecule has 0 aliphatic heterocycles. The molecule has 1 aromatic carbocycles. The highest BCUT2D eigenvalue weighted by Crippen LogP contribution is 2.24. The Morgan fingerprint density at radius 3 is 2.79 bits per heavy atom. The van der Waals surface area contributed by atoms with E-state index in [1.165, 1.54) is 11.8 Å². The predicted octanol–water partition coefficient (Wildman–Crippen LogP) is 3.20. The first kappa shape index (κ1) is 18.5. The standard InChI is InChI=1S/C18H23N3O2S/c1-18(2,13-19)9-5-12-24-17-20-15-8-4-3-7-14(15)16(23)21(17)10-6-11-22/h3-4,7-8,22H,5-6,9-12H2,1-2H3. The third-order valence-corrected chi connectivity index (χ3v) is 4.91. The molecule has 2 aromatic rings. The molecule has 0 atom stereocenters. The molecular weight excluding hydrogens is 322 g/mol. The normalized spacial score (nSPS) is 11.6. The lowest BCUT2D eigenvalue weighted by atomic mass is 9.90. The number of thioether (sulfide) groups is 1. The Balaban J connectivity index is 2.21. The predicted molar refractivity (Wildman–Crippen MR) is 97.1 cm³/mol. The quantitative estimate of drug-likeness (QED) is 0.451. The number of nitriles is 1. The second-order valence-electron chi connectivity index (χ2n) is 6.39. The average molecular weight is 345 g/mol. The van der Waals surface area contributed by atoms with Gasteiger partial charge in [0.05, 0.1) is 22.4 Å². The SMILES string of the molecule is CC(C)(C#N)CCCSc1nc2ccccc2c(=O)n1CCCO. The summed E-state index contributed by atoms with van der Waals surface area (Å²) in [6, 6.07) is 9.63. The van der Waals surface area contributed by atoms with Crippen molar-refractivity contribution in [2.75, 3.05) is 12.4 Å². The van der Waals surface area contributed by atoms with Crippen molar-refractivity contribution in [2.45, 2.75) is 44.8 Å². The minimum atomic E-state index is -0.325. The smallest absolute Gasteiger partial charge is 0.262 e. The van der Waals surface area contributed by atoms with Gasteiger partial charge in [0.15, 0.2) is 5.16 Å². The molecule has 1 N–H and O–H groups in total. The van der Waals surface area contributed by atoms with Crippen molar-refractivity contribution < 1.29 is 5.11 Å². The van der Waals surface area contributed by atoms with Crippen LogP contribution >= 0.6 is 11.8 Å². The lowest BCUT2D eigenvalue weighted by molar-refractivity contribution is 0.276. The van der Waals surface area contributed by atoms with Crippen molar-refractivity contribution in [3.63, 3.8) is 0 Å². The van der Waals surface area contributed by atoms with Crippen LogP contribution in [0.2, 0.25) is 0 Å². The van der Waals surface area contributed by atoms with Gasteiger partial charge in [0.1, 0.15) is 0 Å². The molecule has 0 bridgehead atoms. The topological polar surface area (TPSA) is 78.9 Å². The maximum Gasteiger partial charge on any atom is 0.262 e. The molecule has 0 saturated carbocycles. The zero-order chi connectivity index (χ0) is 17.6. The highest BCUT2D eigenvalue weighted by molar-refractivity contribution is 7.99. The van der Waals surface area contributed by atoms with E-state index in [-0.39, 0.29) is 17.6 Å². The fourth-order valence-electron chi connectivity index (χ4n) is 2.42. The van der Waals surface area contributed by atoms with E-state index >= 15 is 0 Å². The number of hydrogen-bond donors (Lipinski definition) is 1. The van der Waals surface area contributed by atoms with Gasteiger partial charge in [0, 0.05) is 18.9 Å². The summed E-state index contributed by atoms with van der Waals surface area (Å²) >= 11 is 1.54. The van der Waals surface area contributed by atoms with E-state index < -0.39 is 0 Å². The van der Waals surface area contributed by atoms with E-state index in [0.29, 0.717) is 29.0 Å². The summed E-state index contributed by atoms with van der Waals surface area (Å²) in [5.74, 6) is 0.801. The number of fused-ring (bicyclic) bond motifs is 1. The van der Waals surface area contributed by atoms with Crippen molar-refractivity contribution in [1.29, 1.82) is 5.26 Å². The third kappa shape index (κ3) is 4.59.